The molecule has 5 nitrogen and oxygen atoms in total. The number of hydrogen-bond acceptors (Lipinski definition) is 3. The molecule has 1 aromatic carbocycles. The van der Waals surface area contributed by atoms with Gasteiger partial charge in [-0.25, -0.2) is 13.6 Å². The summed E-state index contributed by atoms with van der Waals surface area (Å²) < 4.78 is 23.3. The molecule has 1 fully saturated rings. The van der Waals surface area contributed by atoms with Gasteiger partial charge in [0.15, 0.2) is 0 Å². The molecular weight excluding hydrogens is 320 g/mol. The summed E-state index contributed by atoms with van der Waals surface area (Å²) in [5.41, 5.74) is 0.549. The fourth-order valence-electron chi connectivity index (χ4n) is 1.96. The molecule has 1 amide bonds. The van der Waals surface area contributed by atoms with Gasteiger partial charge in [-0.1, -0.05) is 15.9 Å². The Morgan fingerprint density at radius 1 is 1.33 bits per heavy atom. The number of carbonyl (C=O) groups excluding carboxylic acids is 1. The average molecular weight is 333 g/mol. The number of rotatable bonds is 2. The van der Waals surface area contributed by atoms with Crippen LogP contribution in [0.2, 0.25) is 0 Å². The largest absolute Gasteiger partial charge is 0.337 e. The van der Waals surface area contributed by atoms with Crippen molar-refractivity contribution in [1.82, 2.24) is 4.90 Å². The van der Waals surface area contributed by atoms with Gasteiger partial charge < -0.3 is 4.90 Å². The standard InChI is InChI=1S/C11H13BrN2O3S/c12-9-3-1-8(2-4-9)11(15)14-6-5-10(7-14)18(13,16)17/h1-4,10H,5-7H2,(H2,13,16,17). The molecule has 0 radical (unpaired) electrons. The van der Waals surface area contributed by atoms with Crippen molar-refractivity contribution >= 4 is 31.9 Å². The Labute approximate surface area is 114 Å². The number of nitrogens with two attached hydrogens (primary N) is 1. The highest BCUT2D eigenvalue weighted by Gasteiger charge is 2.33. The van der Waals surface area contributed by atoms with E-state index in [0.717, 1.165) is 4.47 Å². The molecule has 1 aliphatic heterocycles. The number of hydrogen-bond donors (Lipinski definition) is 1. The number of halogens is 1. The lowest BCUT2D eigenvalue weighted by molar-refractivity contribution is 0.0793. The van der Waals surface area contributed by atoms with Crippen molar-refractivity contribution in [2.24, 2.45) is 5.14 Å². The third kappa shape index (κ3) is 2.90. The summed E-state index contributed by atoms with van der Waals surface area (Å²) >= 11 is 3.29. The van der Waals surface area contributed by atoms with Gasteiger partial charge in [0.1, 0.15) is 0 Å². The third-order valence-electron chi connectivity index (χ3n) is 2.99. The maximum Gasteiger partial charge on any atom is 0.253 e. The molecule has 2 N–H and O–H groups in total. The van der Waals surface area contributed by atoms with E-state index in [2.05, 4.69) is 15.9 Å². The van der Waals surface area contributed by atoms with E-state index in [1.54, 1.807) is 24.3 Å². The number of primary sulfonamides is 1. The molecule has 1 aromatic rings. The molecule has 1 aliphatic rings. The first-order valence-electron chi connectivity index (χ1n) is 5.44. The predicted molar refractivity (Wildman–Crippen MR) is 71.6 cm³/mol. The molecule has 0 spiro atoms. The first-order chi connectivity index (χ1) is 8.38. The Morgan fingerprint density at radius 3 is 2.44 bits per heavy atom. The Morgan fingerprint density at radius 2 is 1.94 bits per heavy atom. The van der Waals surface area contributed by atoms with E-state index in [1.165, 1.54) is 4.90 Å². The van der Waals surface area contributed by atoms with Gasteiger partial charge in [-0.2, -0.15) is 0 Å². The molecule has 1 atom stereocenters. The van der Waals surface area contributed by atoms with E-state index >= 15 is 0 Å². The molecule has 2 rings (SSSR count). The maximum atomic E-state index is 12.1. The van der Waals surface area contributed by atoms with Crippen molar-refractivity contribution < 1.29 is 13.2 Å². The lowest BCUT2D eigenvalue weighted by Crippen LogP contribution is -2.34. The van der Waals surface area contributed by atoms with Gasteiger partial charge in [0.25, 0.3) is 5.91 Å². The molecule has 1 unspecified atom stereocenters. The van der Waals surface area contributed by atoms with Crippen LogP contribution in [0.15, 0.2) is 28.7 Å². The lowest BCUT2D eigenvalue weighted by atomic mass is 10.2. The molecule has 0 aromatic heterocycles. The first-order valence-corrected chi connectivity index (χ1v) is 7.84. The molecule has 18 heavy (non-hydrogen) atoms. The summed E-state index contributed by atoms with van der Waals surface area (Å²) in [5, 5.41) is 4.45. The number of nitrogens with zero attached hydrogens (tertiary/aromatic N) is 1. The highest BCUT2D eigenvalue weighted by Crippen LogP contribution is 2.18. The van der Waals surface area contributed by atoms with Crippen LogP contribution < -0.4 is 5.14 Å². The average Bonchev–Trinajstić information content (AvgIpc) is 2.78. The van der Waals surface area contributed by atoms with Gasteiger partial charge >= 0.3 is 0 Å². The van der Waals surface area contributed by atoms with Crippen molar-refractivity contribution in [2.45, 2.75) is 11.7 Å². The molecule has 98 valence electrons. The summed E-state index contributed by atoms with van der Waals surface area (Å²) in [4.78, 5) is 13.6. The summed E-state index contributed by atoms with van der Waals surface area (Å²) in [7, 11) is -3.56. The van der Waals surface area contributed by atoms with Gasteiger partial charge in [0.05, 0.1) is 5.25 Å². The monoisotopic (exact) mass is 332 g/mol. The van der Waals surface area contributed by atoms with Gasteiger partial charge in [0.2, 0.25) is 10.0 Å². The second kappa shape index (κ2) is 4.99. The number of benzene rings is 1. The lowest BCUT2D eigenvalue weighted by Gasteiger charge is -2.16. The van der Waals surface area contributed by atoms with E-state index < -0.39 is 15.3 Å². The Bertz CT molecular complexity index is 556. The van der Waals surface area contributed by atoms with Crippen LogP contribution in [0.4, 0.5) is 0 Å². The Balaban J connectivity index is 2.10. The molecule has 7 heteroatoms. The van der Waals surface area contributed by atoms with Crippen molar-refractivity contribution in [3.8, 4) is 0 Å². The van der Waals surface area contributed by atoms with Crippen LogP contribution in [-0.2, 0) is 10.0 Å². The SMILES string of the molecule is NS(=O)(=O)C1CCN(C(=O)c2ccc(Br)cc2)C1. The number of carbonyl (C=O) groups is 1. The summed E-state index contributed by atoms with van der Waals surface area (Å²) in [6.45, 7) is 0.601. The van der Waals surface area contributed by atoms with Gasteiger partial charge in [-0.15, -0.1) is 0 Å². The van der Waals surface area contributed by atoms with Crippen LogP contribution in [0.5, 0.6) is 0 Å². The summed E-state index contributed by atoms with van der Waals surface area (Å²) in [6.07, 6.45) is 0.404. The van der Waals surface area contributed by atoms with Gasteiger partial charge in [-0.05, 0) is 30.7 Å². The van der Waals surface area contributed by atoms with E-state index in [0.29, 0.717) is 18.5 Å². The highest BCUT2D eigenvalue weighted by molar-refractivity contribution is 9.10. The predicted octanol–water partition coefficient (Wildman–Crippen LogP) is 0.952. The normalized spacial score (nSPS) is 20.1. The van der Waals surface area contributed by atoms with Crippen LogP contribution in [0, 0.1) is 0 Å². The quantitative estimate of drug-likeness (QED) is 0.875. The minimum Gasteiger partial charge on any atom is -0.337 e. The first kappa shape index (κ1) is 13.5. The van der Waals surface area contributed by atoms with E-state index in [9.17, 15) is 13.2 Å². The maximum absolute atomic E-state index is 12.1. The van der Waals surface area contributed by atoms with Crippen molar-refractivity contribution in [3.05, 3.63) is 34.3 Å². The molecule has 0 saturated carbocycles. The van der Waals surface area contributed by atoms with Gasteiger partial charge in [0, 0.05) is 23.1 Å². The minimum atomic E-state index is -3.56. The smallest absolute Gasteiger partial charge is 0.253 e. The zero-order valence-corrected chi connectivity index (χ0v) is 11.9. The van der Waals surface area contributed by atoms with Crippen molar-refractivity contribution in [3.63, 3.8) is 0 Å². The van der Waals surface area contributed by atoms with E-state index in [-0.39, 0.29) is 12.5 Å². The van der Waals surface area contributed by atoms with E-state index in [4.69, 9.17) is 5.14 Å². The van der Waals surface area contributed by atoms with Crippen LogP contribution in [0.3, 0.4) is 0 Å². The van der Waals surface area contributed by atoms with E-state index in [1.807, 2.05) is 0 Å². The number of amides is 1. The molecule has 1 saturated heterocycles. The fourth-order valence-corrected chi connectivity index (χ4v) is 3.04. The molecule has 0 aliphatic carbocycles. The van der Waals surface area contributed by atoms with Crippen LogP contribution >= 0.6 is 15.9 Å². The minimum absolute atomic E-state index is 0.159. The second-order valence-electron chi connectivity index (χ2n) is 4.26. The zero-order valence-electron chi connectivity index (χ0n) is 9.54. The molecule has 0 bridgehead atoms. The Hall–Kier alpha value is -0.920. The van der Waals surface area contributed by atoms with Crippen molar-refractivity contribution in [2.75, 3.05) is 13.1 Å². The fraction of sp³-hybridized carbons (Fsp3) is 0.364. The number of likely N-dealkylation sites (tertiary alicyclic amines) is 1. The second-order valence-corrected chi connectivity index (χ2v) is 7.02. The molecular formula is C11H13BrN2O3S. The van der Waals surface area contributed by atoms with Crippen LogP contribution in [0.1, 0.15) is 16.8 Å². The highest BCUT2D eigenvalue weighted by atomic mass is 79.9. The zero-order chi connectivity index (χ0) is 13.3. The number of sulfonamides is 1. The van der Waals surface area contributed by atoms with Crippen LogP contribution in [0.25, 0.3) is 0 Å². The Kier molecular flexibility index (Phi) is 3.74. The topological polar surface area (TPSA) is 80.5 Å². The van der Waals surface area contributed by atoms with Crippen molar-refractivity contribution in [1.29, 1.82) is 0 Å². The third-order valence-corrected chi connectivity index (χ3v) is 4.83. The summed E-state index contributed by atoms with van der Waals surface area (Å²) in [5.74, 6) is -0.159. The molecule has 1 heterocycles. The van der Waals surface area contributed by atoms with Gasteiger partial charge in [-0.3, -0.25) is 4.79 Å². The van der Waals surface area contributed by atoms with Crippen LogP contribution in [-0.4, -0.2) is 37.6 Å². The summed E-state index contributed by atoms with van der Waals surface area (Å²) in [6, 6.07) is 6.97.